The van der Waals surface area contributed by atoms with E-state index < -0.39 is 54.0 Å². The molecule has 6 atom stereocenters. The maximum absolute atomic E-state index is 11.6. The number of hydrogen-bond acceptors (Lipinski definition) is 9. The fraction of sp³-hybridized carbons (Fsp3) is 0.500. The van der Waals surface area contributed by atoms with E-state index in [1.807, 2.05) is 30.3 Å². The summed E-state index contributed by atoms with van der Waals surface area (Å²) in [4.78, 5) is 35.7. The third-order valence-electron chi connectivity index (χ3n) is 3.97. The van der Waals surface area contributed by atoms with Gasteiger partial charge in [0.1, 0.15) is 11.5 Å². The number of carbonyl (C=O) groups is 3. The van der Waals surface area contributed by atoms with Crippen LogP contribution < -0.4 is 0 Å². The summed E-state index contributed by atoms with van der Waals surface area (Å²) in [6.45, 7) is 3.69. The first-order chi connectivity index (χ1) is 12.8. The molecule has 0 unspecified atom stereocenters. The maximum atomic E-state index is 11.6. The average molecular weight is 396 g/mol. The van der Waals surface area contributed by atoms with E-state index in [9.17, 15) is 14.4 Å². The Kier molecular flexibility index (Phi) is 6.03. The largest absolute Gasteiger partial charge is 0.455 e. The van der Waals surface area contributed by atoms with Gasteiger partial charge in [-0.2, -0.15) is 0 Å². The van der Waals surface area contributed by atoms with E-state index in [0.717, 1.165) is 4.90 Å². The summed E-state index contributed by atoms with van der Waals surface area (Å²) < 4.78 is 27.7. The van der Waals surface area contributed by atoms with Gasteiger partial charge in [0.05, 0.1) is 0 Å². The molecule has 2 fully saturated rings. The second kappa shape index (κ2) is 8.28. The highest BCUT2D eigenvalue weighted by Crippen LogP contribution is 2.43. The summed E-state index contributed by atoms with van der Waals surface area (Å²) in [5.41, 5.74) is -0.541. The van der Waals surface area contributed by atoms with E-state index in [2.05, 4.69) is 0 Å². The number of rotatable bonds is 5. The molecule has 1 aromatic rings. The lowest BCUT2D eigenvalue weighted by Crippen LogP contribution is -2.58. The van der Waals surface area contributed by atoms with Crippen LogP contribution in [0.2, 0.25) is 0 Å². The molecule has 9 heteroatoms. The highest BCUT2D eigenvalue weighted by Gasteiger charge is 2.60. The summed E-state index contributed by atoms with van der Waals surface area (Å²) in [7, 11) is 0. The zero-order valence-electron chi connectivity index (χ0n) is 15.0. The van der Waals surface area contributed by atoms with E-state index in [1.54, 1.807) is 0 Å². The van der Waals surface area contributed by atoms with Crippen molar-refractivity contribution >= 4 is 29.7 Å². The molecule has 1 aromatic carbocycles. The Morgan fingerprint density at radius 2 is 1.37 bits per heavy atom. The molecular weight excluding hydrogens is 376 g/mol. The van der Waals surface area contributed by atoms with Gasteiger partial charge in [0, 0.05) is 25.7 Å². The number of ether oxygens (including phenoxy) is 5. The molecule has 8 nitrogen and oxygen atoms in total. The molecule has 0 radical (unpaired) electrons. The van der Waals surface area contributed by atoms with Crippen LogP contribution in [0.25, 0.3) is 0 Å². The number of hydrogen-bond donors (Lipinski definition) is 0. The molecule has 2 aliphatic heterocycles. The highest BCUT2D eigenvalue weighted by molar-refractivity contribution is 7.99. The third-order valence-corrected chi connectivity index (χ3v) is 5.12. The van der Waals surface area contributed by atoms with Gasteiger partial charge in [-0.3, -0.25) is 14.4 Å². The average Bonchev–Trinajstić information content (AvgIpc) is 2.95. The maximum Gasteiger partial charge on any atom is 0.303 e. The van der Waals surface area contributed by atoms with Gasteiger partial charge in [-0.15, -0.1) is 0 Å². The molecule has 0 spiro atoms. The highest BCUT2D eigenvalue weighted by atomic mass is 32.2. The monoisotopic (exact) mass is 396 g/mol. The minimum absolute atomic E-state index is 0.541. The number of thioether (sulfide) groups is 1. The van der Waals surface area contributed by atoms with Crippen LogP contribution in [0.15, 0.2) is 35.2 Å². The van der Waals surface area contributed by atoms with Crippen LogP contribution in [0.5, 0.6) is 0 Å². The molecule has 2 bridgehead atoms. The Morgan fingerprint density at radius 1 is 0.815 bits per heavy atom. The van der Waals surface area contributed by atoms with Crippen LogP contribution in [0.1, 0.15) is 20.8 Å². The van der Waals surface area contributed by atoms with Gasteiger partial charge < -0.3 is 23.7 Å². The lowest BCUT2D eigenvalue weighted by Gasteiger charge is -2.38. The quantitative estimate of drug-likeness (QED) is 0.543. The van der Waals surface area contributed by atoms with Crippen molar-refractivity contribution in [3.05, 3.63) is 30.3 Å². The van der Waals surface area contributed by atoms with Crippen LogP contribution >= 0.6 is 11.8 Å². The molecule has 146 valence electrons. The molecule has 0 saturated carbocycles. The first-order valence-corrected chi connectivity index (χ1v) is 9.27. The van der Waals surface area contributed by atoms with Crippen molar-refractivity contribution in [2.45, 2.75) is 61.8 Å². The summed E-state index contributed by atoms with van der Waals surface area (Å²) >= 11 is 1.38. The predicted molar refractivity (Wildman–Crippen MR) is 92.5 cm³/mol. The van der Waals surface area contributed by atoms with E-state index >= 15 is 0 Å². The van der Waals surface area contributed by atoms with Gasteiger partial charge in [-0.25, -0.2) is 0 Å². The van der Waals surface area contributed by atoms with Crippen molar-refractivity contribution in [3.63, 3.8) is 0 Å². The Hall–Kier alpha value is -2.10. The molecule has 2 aliphatic rings. The van der Waals surface area contributed by atoms with Gasteiger partial charge >= 0.3 is 17.9 Å². The minimum Gasteiger partial charge on any atom is -0.455 e. The normalized spacial score (nSPS) is 31.8. The topological polar surface area (TPSA) is 97.4 Å². The molecular formula is C18H20O8S. The van der Waals surface area contributed by atoms with E-state index in [-0.39, 0.29) is 0 Å². The van der Waals surface area contributed by atoms with Gasteiger partial charge in [-0.05, 0) is 12.1 Å². The molecule has 2 heterocycles. The molecule has 0 aliphatic carbocycles. The van der Waals surface area contributed by atoms with Crippen molar-refractivity contribution in [1.29, 1.82) is 0 Å². The molecule has 3 rings (SSSR count). The van der Waals surface area contributed by atoms with Gasteiger partial charge in [0.25, 0.3) is 0 Å². The first kappa shape index (κ1) is 19.7. The predicted octanol–water partition coefficient (Wildman–Crippen LogP) is 1.65. The molecule has 0 amide bonds. The lowest BCUT2D eigenvalue weighted by atomic mass is 10.00. The summed E-state index contributed by atoms with van der Waals surface area (Å²) in [6, 6.07) is 9.48. The van der Waals surface area contributed by atoms with Crippen LogP contribution in [0.3, 0.4) is 0 Å². The summed E-state index contributed by atoms with van der Waals surface area (Å²) in [5, 5.41) is 0. The SMILES string of the molecule is CC(=O)O[C@@H]1[C@@H](OC(C)=O)[C@@H]2O[C@H](O[C@@H]2Sc2ccccc2)[C@H]1OC(C)=O. The smallest absolute Gasteiger partial charge is 0.303 e. The number of fused-ring (bicyclic) bond motifs is 2. The van der Waals surface area contributed by atoms with Crippen molar-refractivity contribution in [2.75, 3.05) is 0 Å². The fourth-order valence-electron chi connectivity index (χ4n) is 3.07. The van der Waals surface area contributed by atoms with Crippen LogP contribution in [0.4, 0.5) is 0 Å². The Labute approximate surface area is 160 Å². The van der Waals surface area contributed by atoms with Crippen LogP contribution in [-0.4, -0.2) is 54.0 Å². The number of benzene rings is 1. The summed E-state index contributed by atoms with van der Waals surface area (Å²) in [5.74, 6) is -1.76. The van der Waals surface area contributed by atoms with Crippen LogP contribution in [-0.2, 0) is 38.1 Å². The number of carbonyl (C=O) groups excluding carboxylic acids is 3. The Bertz CT molecular complexity index is 709. The van der Waals surface area contributed by atoms with Crippen molar-refractivity contribution < 1.29 is 38.1 Å². The second-order valence-electron chi connectivity index (χ2n) is 6.13. The van der Waals surface area contributed by atoms with E-state index in [0.29, 0.717) is 0 Å². The fourth-order valence-corrected chi connectivity index (χ4v) is 4.17. The van der Waals surface area contributed by atoms with E-state index in [1.165, 1.54) is 32.5 Å². The minimum atomic E-state index is -1.05. The van der Waals surface area contributed by atoms with E-state index in [4.69, 9.17) is 23.7 Å². The molecule has 0 N–H and O–H groups in total. The van der Waals surface area contributed by atoms with Gasteiger partial charge in [0.2, 0.25) is 6.29 Å². The first-order valence-electron chi connectivity index (χ1n) is 8.39. The van der Waals surface area contributed by atoms with Gasteiger partial charge in [-0.1, -0.05) is 30.0 Å². The van der Waals surface area contributed by atoms with Crippen molar-refractivity contribution in [3.8, 4) is 0 Å². The zero-order chi connectivity index (χ0) is 19.6. The molecule has 2 saturated heterocycles. The number of esters is 3. The van der Waals surface area contributed by atoms with Crippen molar-refractivity contribution in [1.82, 2.24) is 0 Å². The lowest BCUT2D eigenvalue weighted by molar-refractivity contribution is -0.250. The summed E-state index contributed by atoms with van der Waals surface area (Å²) in [6.07, 6.45) is -4.68. The second-order valence-corrected chi connectivity index (χ2v) is 7.30. The Morgan fingerprint density at radius 3 is 1.96 bits per heavy atom. The Balaban J connectivity index is 1.90. The molecule has 0 aromatic heterocycles. The third kappa shape index (κ3) is 4.60. The standard InChI is InChI=1S/C18H20O8S/c1-9(19)22-13-14(23-10(2)20)16-18(27-12-7-5-4-6-8-12)26-17(25-16)15(13)24-11(3)21/h4-8,13-18H,1-3H3/t13-,14-,15+,16+,17-,18-/m1/s1. The molecule has 27 heavy (non-hydrogen) atoms. The van der Waals surface area contributed by atoms with Crippen molar-refractivity contribution in [2.24, 2.45) is 0 Å². The zero-order valence-corrected chi connectivity index (χ0v) is 15.8. The van der Waals surface area contributed by atoms with Crippen LogP contribution in [0, 0.1) is 0 Å². The van der Waals surface area contributed by atoms with Gasteiger partial charge in [0.15, 0.2) is 18.3 Å².